The van der Waals surface area contributed by atoms with Crippen molar-refractivity contribution in [3.05, 3.63) is 88.7 Å². The van der Waals surface area contributed by atoms with Gasteiger partial charge in [-0.3, -0.25) is 9.48 Å². The molecule has 1 aliphatic heterocycles. The Labute approximate surface area is 248 Å². The number of pyridine rings is 1. The molecule has 11 heteroatoms. The van der Waals surface area contributed by atoms with E-state index >= 15 is 0 Å². The van der Waals surface area contributed by atoms with E-state index in [9.17, 15) is 9.00 Å². The molecule has 3 heterocycles. The van der Waals surface area contributed by atoms with Crippen molar-refractivity contribution < 1.29 is 13.7 Å². The number of aryl methyl sites for hydroxylation is 2. The summed E-state index contributed by atoms with van der Waals surface area (Å²) in [5.41, 5.74) is 13.1. The van der Waals surface area contributed by atoms with E-state index in [-0.39, 0.29) is 18.2 Å². The van der Waals surface area contributed by atoms with Crippen LogP contribution in [0.15, 0.2) is 65.8 Å². The maximum Gasteiger partial charge on any atom is 0.231 e. The molecule has 0 saturated carbocycles. The Morgan fingerprint density at radius 3 is 2.76 bits per heavy atom. The van der Waals surface area contributed by atoms with Crippen LogP contribution in [-0.4, -0.2) is 48.9 Å². The number of nitrogens with two attached hydrogens (primary N) is 1. The first kappa shape index (κ1) is 29.3. The van der Waals surface area contributed by atoms with Crippen LogP contribution in [0.1, 0.15) is 47.1 Å². The molecule has 42 heavy (non-hydrogen) atoms. The quantitative estimate of drug-likeness (QED) is 0.246. The van der Waals surface area contributed by atoms with Crippen LogP contribution < -0.4 is 21.1 Å². The number of hydrogen-bond donors (Lipinski definition) is 3. The SMILES string of the molecule is CCNc1ccc(C(CC(=O)Nc2ccnn2C)c2ccc(C)c(CN3CCOc4ncccc4S3=O)c2)c(C)c1N. The highest BCUT2D eigenvalue weighted by atomic mass is 32.2. The van der Waals surface area contributed by atoms with E-state index in [1.165, 1.54) is 0 Å². The molecular weight excluding hydrogens is 550 g/mol. The molecule has 2 aromatic heterocycles. The van der Waals surface area contributed by atoms with Crippen LogP contribution in [0.3, 0.4) is 0 Å². The fourth-order valence-corrected chi connectivity index (χ4v) is 6.47. The molecule has 2 atom stereocenters. The van der Waals surface area contributed by atoms with Gasteiger partial charge in [0.1, 0.15) is 28.3 Å². The molecule has 0 spiro atoms. The number of rotatable bonds is 9. The number of benzene rings is 2. The second-order valence-electron chi connectivity index (χ2n) is 10.4. The highest BCUT2D eigenvalue weighted by Crippen LogP contribution is 2.37. The van der Waals surface area contributed by atoms with Gasteiger partial charge in [0.25, 0.3) is 0 Å². The van der Waals surface area contributed by atoms with Crippen molar-refractivity contribution in [3.63, 3.8) is 0 Å². The first-order chi connectivity index (χ1) is 20.3. The molecule has 0 radical (unpaired) electrons. The Balaban J connectivity index is 1.49. The van der Waals surface area contributed by atoms with Crippen molar-refractivity contribution in [1.82, 2.24) is 19.1 Å². The van der Waals surface area contributed by atoms with E-state index < -0.39 is 11.0 Å². The van der Waals surface area contributed by atoms with E-state index in [0.717, 1.165) is 40.0 Å². The Kier molecular flexibility index (Phi) is 8.89. The number of carbonyl (C=O) groups is 1. The number of nitrogens with one attached hydrogen (secondary N) is 2. The van der Waals surface area contributed by atoms with Gasteiger partial charge in [0.2, 0.25) is 11.8 Å². The molecule has 0 fully saturated rings. The topological polar surface area (TPSA) is 127 Å². The van der Waals surface area contributed by atoms with E-state index in [1.807, 2.05) is 31.1 Å². The zero-order valence-electron chi connectivity index (χ0n) is 24.4. The fraction of sp³-hybridized carbons (Fsp3) is 0.323. The number of fused-ring (bicyclic) bond motifs is 1. The summed E-state index contributed by atoms with van der Waals surface area (Å²) >= 11 is 0. The Morgan fingerprint density at radius 1 is 1.17 bits per heavy atom. The van der Waals surface area contributed by atoms with Crippen LogP contribution in [0, 0.1) is 13.8 Å². The number of carbonyl (C=O) groups excluding carboxylic acids is 1. The lowest BCUT2D eigenvalue weighted by atomic mass is 9.83. The van der Waals surface area contributed by atoms with Gasteiger partial charge in [0.05, 0.1) is 17.6 Å². The molecule has 1 amide bonds. The van der Waals surface area contributed by atoms with Crippen molar-refractivity contribution in [2.45, 2.75) is 44.6 Å². The lowest BCUT2D eigenvalue weighted by Gasteiger charge is -2.24. The van der Waals surface area contributed by atoms with Crippen molar-refractivity contribution in [2.24, 2.45) is 7.05 Å². The van der Waals surface area contributed by atoms with Crippen molar-refractivity contribution in [3.8, 4) is 5.88 Å². The Morgan fingerprint density at radius 2 is 2.00 bits per heavy atom. The number of anilines is 3. The van der Waals surface area contributed by atoms with Gasteiger partial charge < -0.3 is 21.1 Å². The monoisotopic (exact) mass is 587 g/mol. The molecule has 5 rings (SSSR count). The van der Waals surface area contributed by atoms with Crippen LogP contribution in [0.25, 0.3) is 0 Å². The summed E-state index contributed by atoms with van der Waals surface area (Å²) in [5.74, 6) is 0.646. The average molecular weight is 588 g/mol. The van der Waals surface area contributed by atoms with Crippen molar-refractivity contribution in [2.75, 3.05) is 36.1 Å². The van der Waals surface area contributed by atoms with Gasteiger partial charge in [-0.25, -0.2) is 13.5 Å². The molecule has 220 valence electrons. The molecule has 0 aliphatic carbocycles. The molecule has 0 bridgehead atoms. The fourth-order valence-electron chi connectivity index (χ4n) is 5.24. The predicted octanol–water partition coefficient (Wildman–Crippen LogP) is 4.52. The highest BCUT2D eigenvalue weighted by Gasteiger charge is 2.26. The van der Waals surface area contributed by atoms with Crippen LogP contribution in [0.4, 0.5) is 17.2 Å². The molecule has 4 N–H and O–H groups in total. The first-order valence-electron chi connectivity index (χ1n) is 14.0. The van der Waals surface area contributed by atoms with Gasteiger partial charge in [-0.05, 0) is 66.8 Å². The molecule has 2 aromatic carbocycles. The van der Waals surface area contributed by atoms with Gasteiger partial charge >= 0.3 is 0 Å². The normalized spacial score (nSPS) is 15.8. The largest absolute Gasteiger partial charge is 0.475 e. The highest BCUT2D eigenvalue weighted by molar-refractivity contribution is 7.82. The minimum Gasteiger partial charge on any atom is -0.475 e. The van der Waals surface area contributed by atoms with Crippen LogP contribution in [-0.2, 0) is 29.4 Å². The van der Waals surface area contributed by atoms with Crippen LogP contribution >= 0.6 is 0 Å². The number of nitrogens with zero attached hydrogens (tertiary/aromatic N) is 4. The zero-order chi connectivity index (χ0) is 29.8. The second kappa shape index (κ2) is 12.7. The third kappa shape index (κ3) is 6.17. The zero-order valence-corrected chi connectivity index (χ0v) is 25.2. The summed E-state index contributed by atoms with van der Waals surface area (Å²) in [6, 6.07) is 15.6. The summed E-state index contributed by atoms with van der Waals surface area (Å²) in [6.45, 7) is 8.17. The smallest absolute Gasteiger partial charge is 0.231 e. The summed E-state index contributed by atoms with van der Waals surface area (Å²) in [5, 5.41) is 10.5. The van der Waals surface area contributed by atoms with E-state index in [0.29, 0.717) is 42.0 Å². The van der Waals surface area contributed by atoms with Gasteiger partial charge in [-0.15, -0.1) is 0 Å². The number of ether oxygens (including phenoxy) is 1. The summed E-state index contributed by atoms with van der Waals surface area (Å²) in [7, 11) is 0.364. The molecule has 1 aliphatic rings. The minimum absolute atomic E-state index is 0.130. The maximum atomic E-state index is 13.5. The number of hydrogen-bond acceptors (Lipinski definition) is 7. The first-order valence-corrected chi connectivity index (χ1v) is 15.1. The third-order valence-electron chi connectivity index (χ3n) is 7.64. The van der Waals surface area contributed by atoms with E-state index in [2.05, 4.69) is 45.0 Å². The van der Waals surface area contributed by atoms with E-state index in [4.69, 9.17) is 10.5 Å². The standard InChI is InChI=1S/C31H37N7O3S/c1-5-33-26-11-10-24(21(3)30(26)32)25(18-29(39)36-28-12-14-35-37(28)4)22-9-8-20(2)23(17-22)19-38-15-16-41-31-27(42(38)40)7-6-13-34-31/h6-14,17,25,33H,5,15-16,18-19,32H2,1-4H3,(H,36,39). The lowest BCUT2D eigenvalue weighted by molar-refractivity contribution is -0.116. The molecular formula is C31H37N7O3S. The van der Waals surface area contributed by atoms with Crippen molar-refractivity contribution in [1.29, 1.82) is 0 Å². The summed E-state index contributed by atoms with van der Waals surface area (Å²) in [4.78, 5) is 18.2. The van der Waals surface area contributed by atoms with Crippen LogP contribution in [0.2, 0.25) is 0 Å². The third-order valence-corrected chi connectivity index (χ3v) is 9.11. The molecule has 4 aromatic rings. The predicted molar refractivity (Wildman–Crippen MR) is 166 cm³/mol. The molecule has 0 saturated heterocycles. The molecule has 2 unspecified atom stereocenters. The number of nitrogen functional groups attached to an aromatic ring is 1. The van der Waals surface area contributed by atoms with Gasteiger partial charge in [0.15, 0.2) is 0 Å². The molecule has 10 nitrogen and oxygen atoms in total. The van der Waals surface area contributed by atoms with Gasteiger partial charge in [-0.2, -0.15) is 5.10 Å². The number of aromatic nitrogens is 3. The summed E-state index contributed by atoms with van der Waals surface area (Å²) < 4.78 is 22.8. The van der Waals surface area contributed by atoms with E-state index in [1.54, 1.807) is 42.3 Å². The summed E-state index contributed by atoms with van der Waals surface area (Å²) in [6.07, 6.45) is 3.50. The average Bonchev–Trinajstić information content (AvgIpc) is 3.31. The Hall–Kier alpha value is -4.22. The lowest BCUT2D eigenvalue weighted by Crippen LogP contribution is -2.28. The maximum absolute atomic E-state index is 13.5. The van der Waals surface area contributed by atoms with Gasteiger partial charge in [-0.1, -0.05) is 24.3 Å². The van der Waals surface area contributed by atoms with Crippen LogP contribution in [0.5, 0.6) is 5.88 Å². The van der Waals surface area contributed by atoms with Gasteiger partial charge in [0, 0.05) is 51.3 Å². The number of amides is 1. The minimum atomic E-state index is -1.42. The van der Waals surface area contributed by atoms with Crippen molar-refractivity contribution >= 4 is 34.1 Å². The second-order valence-corrected chi connectivity index (χ2v) is 11.8. The Bertz CT molecular complexity index is 1620.